The Labute approximate surface area is 109 Å². The number of nitro benzene ring substituents is 1. The molecule has 100 valence electrons. The molecule has 1 amide bonds. The standard InChI is InChI=1S/C12H14N4O3/c1-8-11(6-7-13)12(17)15(14-8)9-2-4-10(5-3-9)16(18)19/h2-5,11H,6-7,13H2,1H3. The predicted octanol–water partition coefficient (Wildman–Crippen LogP) is 1.28. The van der Waals surface area contributed by atoms with E-state index in [1.807, 2.05) is 0 Å². The number of hydrogen-bond acceptors (Lipinski definition) is 5. The molecule has 0 aliphatic carbocycles. The molecule has 1 aliphatic heterocycles. The molecule has 2 rings (SSSR count). The average molecular weight is 262 g/mol. The van der Waals surface area contributed by atoms with Gasteiger partial charge in [0.1, 0.15) is 0 Å². The van der Waals surface area contributed by atoms with Crippen LogP contribution in [-0.2, 0) is 4.79 Å². The second-order valence-corrected chi connectivity index (χ2v) is 4.29. The van der Waals surface area contributed by atoms with Crippen LogP contribution in [0.1, 0.15) is 13.3 Å². The molecule has 7 nitrogen and oxygen atoms in total. The van der Waals surface area contributed by atoms with E-state index in [-0.39, 0.29) is 17.5 Å². The molecule has 1 unspecified atom stereocenters. The van der Waals surface area contributed by atoms with Gasteiger partial charge < -0.3 is 5.73 Å². The highest BCUT2D eigenvalue weighted by molar-refractivity contribution is 6.14. The Balaban J connectivity index is 2.23. The normalized spacial score (nSPS) is 18.6. The lowest BCUT2D eigenvalue weighted by Crippen LogP contribution is -2.28. The Kier molecular flexibility index (Phi) is 3.57. The summed E-state index contributed by atoms with van der Waals surface area (Å²) >= 11 is 0. The number of nitrogens with two attached hydrogens (primary N) is 1. The number of benzene rings is 1. The molecular formula is C12H14N4O3. The van der Waals surface area contributed by atoms with Crippen LogP contribution in [0.4, 0.5) is 11.4 Å². The summed E-state index contributed by atoms with van der Waals surface area (Å²) in [4.78, 5) is 22.2. The summed E-state index contributed by atoms with van der Waals surface area (Å²) in [6, 6.07) is 5.72. The van der Waals surface area contributed by atoms with Crippen LogP contribution in [0.2, 0.25) is 0 Å². The lowest BCUT2D eigenvalue weighted by atomic mass is 10.0. The molecule has 0 bridgehead atoms. The number of nitro groups is 1. The van der Waals surface area contributed by atoms with Crippen LogP contribution >= 0.6 is 0 Å². The van der Waals surface area contributed by atoms with Crippen LogP contribution in [0, 0.1) is 16.0 Å². The minimum absolute atomic E-state index is 0.0189. The number of rotatable bonds is 4. The van der Waals surface area contributed by atoms with Crippen LogP contribution in [0.3, 0.4) is 0 Å². The van der Waals surface area contributed by atoms with E-state index in [1.165, 1.54) is 29.3 Å². The number of carbonyl (C=O) groups is 1. The summed E-state index contributed by atoms with van der Waals surface area (Å²) in [6.45, 7) is 2.20. The molecule has 0 saturated carbocycles. The molecule has 0 aromatic heterocycles. The fourth-order valence-electron chi connectivity index (χ4n) is 2.00. The van der Waals surface area contributed by atoms with Gasteiger partial charge in [-0.1, -0.05) is 0 Å². The van der Waals surface area contributed by atoms with E-state index in [1.54, 1.807) is 6.92 Å². The predicted molar refractivity (Wildman–Crippen MR) is 70.9 cm³/mol. The van der Waals surface area contributed by atoms with E-state index < -0.39 is 4.92 Å². The highest BCUT2D eigenvalue weighted by Crippen LogP contribution is 2.26. The van der Waals surface area contributed by atoms with Crippen molar-refractivity contribution in [2.24, 2.45) is 16.8 Å². The second-order valence-electron chi connectivity index (χ2n) is 4.29. The zero-order valence-corrected chi connectivity index (χ0v) is 10.4. The van der Waals surface area contributed by atoms with Gasteiger partial charge in [-0.3, -0.25) is 14.9 Å². The molecule has 0 radical (unpaired) electrons. The molecule has 1 aliphatic rings. The van der Waals surface area contributed by atoms with Crippen LogP contribution in [-0.4, -0.2) is 23.1 Å². The molecule has 7 heteroatoms. The van der Waals surface area contributed by atoms with Gasteiger partial charge >= 0.3 is 0 Å². The fourth-order valence-corrected chi connectivity index (χ4v) is 2.00. The fraction of sp³-hybridized carbons (Fsp3) is 0.333. The van der Waals surface area contributed by atoms with Crippen molar-refractivity contribution in [1.29, 1.82) is 0 Å². The van der Waals surface area contributed by atoms with Crippen molar-refractivity contribution in [2.75, 3.05) is 11.6 Å². The Bertz CT molecular complexity index is 538. The first-order valence-corrected chi connectivity index (χ1v) is 5.88. The van der Waals surface area contributed by atoms with Gasteiger partial charge in [-0.25, -0.2) is 5.01 Å². The zero-order chi connectivity index (χ0) is 14.0. The molecule has 1 atom stereocenters. The van der Waals surface area contributed by atoms with Crippen LogP contribution in [0.15, 0.2) is 29.4 Å². The molecule has 1 aromatic carbocycles. The van der Waals surface area contributed by atoms with Crippen LogP contribution < -0.4 is 10.7 Å². The van der Waals surface area contributed by atoms with E-state index >= 15 is 0 Å². The van der Waals surface area contributed by atoms with Crippen molar-refractivity contribution in [2.45, 2.75) is 13.3 Å². The summed E-state index contributed by atoms with van der Waals surface area (Å²) in [5.74, 6) is -0.433. The number of anilines is 1. The van der Waals surface area contributed by atoms with Crippen LogP contribution in [0.5, 0.6) is 0 Å². The number of nitrogens with zero attached hydrogens (tertiary/aromatic N) is 3. The number of hydrogen-bond donors (Lipinski definition) is 1. The molecule has 0 saturated heterocycles. The zero-order valence-electron chi connectivity index (χ0n) is 10.4. The van der Waals surface area contributed by atoms with Crippen molar-refractivity contribution in [3.05, 3.63) is 34.4 Å². The first-order valence-electron chi connectivity index (χ1n) is 5.88. The quantitative estimate of drug-likeness (QED) is 0.652. The molecule has 1 aromatic rings. The number of hydrazone groups is 1. The largest absolute Gasteiger partial charge is 0.330 e. The summed E-state index contributed by atoms with van der Waals surface area (Å²) in [5.41, 5.74) is 6.69. The number of amides is 1. The maximum atomic E-state index is 12.1. The van der Waals surface area contributed by atoms with Crippen molar-refractivity contribution in [3.8, 4) is 0 Å². The first kappa shape index (κ1) is 13.2. The maximum absolute atomic E-state index is 12.1. The smallest absolute Gasteiger partial charge is 0.269 e. The number of carbonyl (C=O) groups excluding carboxylic acids is 1. The molecule has 0 fully saturated rings. The van der Waals surface area contributed by atoms with Gasteiger partial charge in [0, 0.05) is 17.8 Å². The molecular weight excluding hydrogens is 248 g/mol. The van der Waals surface area contributed by atoms with E-state index in [2.05, 4.69) is 5.10 Å². The minimum atomic E-state index is -0.485. The number of non-ortho nitro benzene ring substituents is 1. The average Bonchev–Trinajstić information content (AvgIpc) is 2.67. The first-order chi connectivity index (χ1) is 9.04. The monoisotopic (exact) mass is 262 g/mol. The van der Waals surface area contributed by atoms with Gasteiger partial charge in [0.05, 0.1) is 16.5 Å². The van der Waals surface area contributed by atoms with Gasteiger partial charge in [0.25, 0.3) is 11.6 Å². The lowest BCUT2D eigenvalue weighted by molar-refractivity contribution is -0.384. The van der Waals surface area contributed by atoms with Gasteiger partial charge in [-0.15, -0.1) is 0 Å². The highest BCUT2D eigenvalue weighted by Gasteiger charge is 2.33. The highest BCUT2D eigenvalue weighted by atomic mass is 16.6. The molecule has 19 heavy (non-hydrogen) atoms. The SMILES string of the molecule is CC1=NN(c2ccc([N+](=O)[O-])cc2)C(=O)C1CCN. The van der Waals surface area contributed by atoms with Crippen molar-refractivity contribution in [1.82, 2.24) is 0 Å². The van der Waals surface area contributed by atoms with Gasteiger partial charge in [-0.05, 0) is 32.0 Å². The van der Waals surface area contributed by atoms with Crippen molar-refractivity contribution in [3.63, 3.8) is 0 Å². The maximum Gasteiger partial charge on any atom is 0.269 e. The minimum Gasteiger partial charge on any atom is -0.330 e. The third kappa shape index (κ3) is 2.45. The van der Waals surface area contributed by atoms with E-state index in [9.17, 15) is 14.9 Å². The van der Waals surface area contributed by atoms with Gasteiger partial charge in [0.2, 0.25) is 0 Å². The van der Waals surface area contributed by atoms with Crippen molar-refractivity contribution >= 4 is 23.0 Å². The topological polar surface area (TPSA) is 102 Å². The van der Waals surface area contributed by atoms with E-state index in [0.717, 1.165) is 0 Å². The third-order valence-electron chi connectivity index (χ3n) is 3.03. The second kappa shape index (κ2) is 5.15. The van der Waals surface area contributed by atoms with Crippen LogP contribution in [0.25, 0.3) is 0 Å². The van der Waals surface area contributed by atoms with Gasteiger partial charge in [-0.2, -0.15) is 5.10 Å². The Morgan fingerprint density at radius 3 is 2.58 bits per heavy atom. The van der Waals surface area contributed by atoms with Crippen molar-refractivity contribution < 1.29 is 9.72 Å². The van der Waals surface area contributed by atoms with Gasteiger partial charge in [0.15, 0.2) is 0 Å². The Hall–Kier alpha value is -2.28. The summed E-state index contributed by atoms with van der Waals surface area (Å²) in [7, 11) is 0. The summed E-state index contributed by atoms with van der Waals surface area (Å²) in [6.07, 6.45) is 0.553. The third-order valence-corrected chi connectivity index (χ3v) is 3.03. The summed E-state index contributed by atoms with van der Waals surface area (Å²) < 4.78 is 0. The Morgan fingerprint density at radius 2 is 2.05 bits per heavy atom. The molecule has 0 spiro atoms. The molecule has 2 N–H and O–H groups in total. The van der Waals surface area contributed by atoms with E-state index in [4.69, 9.17) is 5.73 Å². The molecule has 1 heterocycles. The lowest BCUT2D eigenvalue weighted by Gasteiger charge is -2.13. The Morgan fingerprint density at radius 1 is 1.42 bits per heavy atom. The summed E-state index contributed by atoms with van der Waals surface area (Å²) in [5, 5.41) is 16.0. The van der Waals surface area contributed by atoms with E-state index in [0.29, 0.717) is 24.4 Å².